The fraction of sp³-hybridized carbons (Fsp3) is 1.00. The van der Waals surface area contributed by atoms with E-state index in [0.29, 0.717) is 0 Å². The van der Waals surface area contributed by atoms with Crippen LogP contribution in [-0.4, -0.2) is 25.8 Å². The van der Waals surface area contributed by atoms with Crippen molar-refractivity contribution in [3.63, 3.8) is 0 Å². The second-order valence-corrected chi connectivity index (χ2v) is 0.335. The van der Waals surface area contributed by atoms with Crippen LogP contribution in [-0.2, 0) is 0 Å². The maximum Gasteiger partial charge on any atom is 0.0394 e. The first-order valence-corrected chi connectivity index (χ1v) is 0.671. The minimum absolute atomic E-state index is 0.438. The number of rotatable bonds is 0. The Hall–Kier alpha value is -0.0400. The van der Waals surface area contributed by atoms with Crippen molar-refractivity contribution >= 4 is 0 Å². The lowest BCUT2D eigenvalue weighted by molar-refractivity contribution is 0.505. The van der Waals surface area contributed by atoms with Crippen molar-refractivity contribution in [2.75, 3.05) is 20.9 Å². The average Bonchev–Trinajstić information content (AvgIpc) is 1.44. The highest BCUT2D eigenvalue weighted by Crippen LogP contribution is 1.47. The molecule has 0 aliphatic carbocycles. The van der Waals surface area contributed by atoms with Crippen LogP contribution < -0.4 is 0 Å². The summed E-state index contributed by atoms with van der Waals surface area (Å²) in [6, 6.07) is 0. The largest absolute Gasteiger partial charge is 0.312 e. The summed E-state index contributed by atoms with van der Waals surface area (Å²) in [6.07, 6.45) is 0. The first-order chi connectivity index (χ1) is 5.37. The SMILES string of the molecule is [2H]C([2H])([2H])[15N](C([2H])([2H])[2H])C([2H])([2H])[2H]. The topological polar surface area (TPSA) is 3.24 Å². The Morgan fingerprint density at radius 1 is 1.50 bits per heavy atom. The zero-order valence-corrected chi connectivity index (χ0v) is 1.95. The Bertz CT molecular complexity index is 137. The molecule has 0 aromatic carbocycles. The molecule has 0 saturated heterocycles. The predicted molar refractivity (Wildman–Crippen MR) is 19.6 cm³/mol. The number of hydrogen-bond donors (Lipinski definition) is 0. The molecule has 0 atom stereocenters. The molecule has 0 aromatic rings. The minimum atomic E-state index is -3.16. The van der Waals surface area contributed by atoms with Gasteiger partial charge in [-0.05, 0) is 20.9 Å². The molecule has 0 bridgehead atoms. The van der Waals surface area contributed by atoms with E-state index in [0.717, 1.165) is 0 Å². The van der Waals surface area contributed by atoms with Crippen LogP contribution in [0.2, 0.25) is 0 Å². The van der Waals surface area contributed by atoms with Crippen LogP contribution in [0.15, 0.2) is 0 Å². The van der Waals surface area contributed by atoms with Crippen molar-refractivity contribution < 1.29 is 12.3 Å². The van der Waals surface area contributed by atoms with E-state index in [1.807, 2.05) is 0 Å². The van der Waals surface area contributed by atoms with E-state index in [1.54, 1.807) is 0 Å². The normalized spacial score (nSPS) is 51.8. The fourth-order valence-corrected chi connectivity index (χ4v) is 0. The molecule has 0 N–H and O–H groups in total. The Kier molecular flexibility index (Phi) is 0.0787. The van der Waals surface area contributed by atoms with Crippen LogP contribution in [0.25, 0.3) is 0 Å². The van der Waals surface area contributed by atoms with Gasteiger partial charge >= 0.3 is 0 Å². The minimum Gasteiger partial charge on any atom is -0.312 e. The Balaban J connectivity index is 5.02. The molecule has 0 saturated carbocycles. The Morgan fingerprint density at radius 2 is 2.00 bits per heavy atom. The molecule has 0 spiro atoms. The fourth-order valence-electron chi connectivity index (χ4n) is 0. The van der Waals surface area contributed by atoms with E-state index in [1.165, 1.54) is 0 Å². The van der Waals surface area contributed by atoms with E-state index in [4.69, 9.17) is 12.3 Å². The quantitative estimate of drug-likeness (QED) is 0.367. The zero-order valence-electron chi connectivity index (χ0n) is 10.9. The summed E-state index contributed by atoms with van der Waals surface area (Å²) < 4.78 is 60.7. The van der Waals surface area contributed by atoms with Crippen molar-refractivity contribution in [3.05, 3.63) is 0 Å². The van der Waals surface area contributed by atoms with Gasteiger partial charge in [-0.25, -0.2) is 0 Å². The van der Waals surface area contributed by atoms with Gasteiger partial charge in [0.2, 0.25) is 0 Å². The van der Waals surface area contributed by atoms with Gasteiger partial charge < -0.3 is 4.90 Å². The second kappa shape index (κ2) is 1.30. The summed E-state index contributed by atoms with van der Waals surface area (Å²) in [4.78, 5) is -0.438. The van der Waals surface area contributed by atoms with Crippen LogP contribution in [0.1, 0.15) is 12.3 Å². The van der Waals surface area contributed by atoms with Crippen molar-refractivity contribution in [1.82, 2.24) is 4.90 Å². The predicted octanol–water partition coefficient (Wildman–Crippen LogP) is 0.178. The van der Waals surface area contributed by atoms with E-state index < -0.39 is 25.8 Å². The lowest BCUT2D eigenvalue weighted by atomic mass is 11.2. The molecule has 0 aromatic heterocycles. The molecule has 0 aliphatic heterocycles. The molecule has 0 unspecified atom stereocenters. The van der Waals surface area contributed by atoms with Crippen molar-refractivity contribution in [2.45, 2.75) is 0 Å². The lowest BCUT2D eigenvalue weighted by Gasteiger charge is -1.90. The van der Waals surface area contributed by atoms with Crippen LogP contribution >= 0.6 is 0 Å². The molecule has 0 rings (SSSR count). The second-order valence-electron chi connectivity index (χ2n) is 0.335. The van der Waals surface area contributed by atoms with E-state index in [9.17, 15) is 0 Å². The van der Waals surface area contributed by atoms with Gasteiger partial charge in [0.1, 0.15) is 0 Å². The van der Waals surface area contributed by atoms with E-state index >= 15 is 0 Å². The smallest absolute Gasteiger partial charge is 0.0394 e. The van der Waals surface area contributed by atoms with Gasteiger partial charge in [0, 0.05) is 12.3 Å². The van der Waals surface area contributed by atoms with E-state index in [-0.39, 0.29) is 0 Å². The monoisotopic (exact) mass is 69.1 g/mol. The summed E-state index contributed by atoms with van der Waals surface area (Å²) in [6.45, 7) is -9.47. The zero-order chi connectivity index (χ0) is 11.1. The van der Waals surface area contributed by atoms with Gasteiger partial charge in [-0.3, -0.25) is 0 Å². The molecular weight excluding hydrogens is 51.0 g/mol. The summed E-state index contributed by atoms with van der Waals surface area (Å²) >= 11 is 0. The van der Waals surface area contributed by atoms with Crippen molar-refractivity contribution in [3.8, 4) is 0 Å². The molecule has 0 radical (unpaired) electrons. The van der Waals surface area contributed by atoms with Crippen molar-refractivity contribution in [2.24, 2.45) is 0 Å². The van der Waals surface area contributed by atoms with Crippen LogP contribution in [0, 0.1) is 0 Å². The first kappa shape index (κ1) is 0.243. The average molecular weight is 69.2 g/mol. The Labute approximate surface area is 39.9 Å². The highest BCUT2D eigenvalue weighted by molar-refractivity contribution is 4.09. The summed E-state index contributed by atoms with van der Waals surface area (Å²) in [5, 5.41) is 0. The number of nitrogens with zero attached hydrogens (tertiary/aromatic N) is 1. The summed E-state index contributed by atoms with van der Waals surface area (Å²) in [7, 11) is 0. The van der Waals surface area contributed by atoms with E-state index in [2.05, 4.69) is 0 Å². The van der Waals surface area contributed by atoms with Crippen LogP contribution in [0.4, 0.5) is 0 Å². The molecule has 4 heavy (non-hydrogen) atoms. The van der Waals surface area contributed by atoms with Gasteiger partial charge in [0.15, 0.2) is 0 Å². The number of hydrogen-bond acceptors (Lipinski definition) is 1. The van der Waals surface area contributed by atoms with Gasteiger partial charge in [-0.1, -0.05) is 0 Å². The molecular formula is C3H9N. The maximum absolute atomic E-state index is 6.74. The van der Waals surface area contributed by atoms with Crippen molar-refractivity contribution in [1.29, 1.82) is 0 Å². The summed E-state index contributed by atoms with van der Waals surface area (Å²) in [5.74, 6) is 0. The molecule has 0 amide bonds. The molecule has 26 valence electrons. The third-order valence-corrected chi connectivity index (χ3v) is 0. The summed E-state index contributed by atoms with van der Waals surface area (Å²) in [5.41, 5.74) is 0. The molecule has 0 heterocycles. The third kappa shape index (κ3) is 1130. The van der Waals surface area contributed by atoms with Gasteiger partial charge in [-0.15, -0.1) is 0 Å². The van der Waals surface area contributed by atoms with Gasteiger partial charge in [0.25, 0.3) is 0 Å². The van der Waals surface area contributed by atoms with Gasteiger partial charge in [-0.2, -0.15) is 0 Å². The maximum atomic E-state index is 6.74. The molecule has 0 fully saturated rings. The third-order valence-electron chi connectivity index (χ3n) is 0. The highest BCUT2D eigenvalue weighted by atomic mass is 15.8. The van der Waals surface area contributed by atoms with Crippen LogP contribution in [0.5, 0.6) is 0 Å². The highest BCUT2D eigenvalue weighted by Gasteiger charge is 1.58. The van der Waals surface area contributed by atoms with Gasteiger partial charge in [0.05, 0.1) is 0 Å². The molecule has 1 nitrogen and oxygen atoms in total. The Morgan fingerprint density at radius 3 is 2.00 bits per heavy atom. The molecule has 0 aliphatic rings. The standard InChI is InChI=1S/C3H9N/c1-4(2)3/h1-3H3/i1D3,2D3,3D3,4+1. The lowest BCUT2D eigenvalue weighted by Crippen LogP contribution is -1.99. The van der Waals surface area contributed by atoms with Crippen LogP contribution in [0.3, 0.4) is 0 Å². The first-order valence-electron chi connectivity index (χ1n) is 5.17. The molecule has 1 heteroatoms.